The lowest BCUT2D eigenvalue weighted by Crippen LogP contribution is -2.26. The number of hydrogen-bond donors (Lipinski definition) is 2. The molecule has 0 spiro atoms. The third-order valence-corrected chi connectivity index (χ3v) is 3.49. The molecular formula is C13H19N3O. The van der Waals surface area contributed by atoms with Gasteiger partial charge < -0.3 is 11.5 Å². The Balaban J connectivity index is 2.14. The molecule has 1 atom stereocenters. The maximum atomic E-state index is 11.0. The molecule has 1 unspecified atom stereocenters. The van der Waals surface area contributed by atoms with E-state index in [1.54, 1.807) is 12.1 Å². The number of benzene rings is 1. The van der Waals surface area contributed by atoms with Gasteiger partial charge >= 0.3 is 0 Å². The van der Waals surface area contributed by atoms with Crippen molar-refractivity contribution in [3.05, 3.63) is 29.3 Å². The van der Waals surface area contributed by atoms with Gasteiger partial charge in [0.1, 0.15) is 0 Å². The first-order valence-corrected chi connectivity index (χ1v) is 6.00. The zero-order valence-electron chi connectivity index (χ0n) is 10.1. The van der Waals surface area contributed by atoms with E-state index in [0.29, 0.717) is 17.3 Å². The van der Waals surface area contributed by atoms with Crippen LogP contribution in [0, 0.1) is 0 Å². The molecule has 1 aliphatic rings. The summed E-state index contributed by atoms with van der Waals surface area (Å²) in [7, 11) is 0. The van der Waals surface area contributed by atoms with Crippen molar-refractivity contribution in [3.63, 3.8) is 0 Å². The van der Waals surface area contributed by atoms with Crippen molar-refractivity contribution in [1.82, 2.24) is 4.90 Å². The molecule has 1 fully saturated rings. The first-order valence-electron chi connectivity index (χ1n) is 6.00. The van der Waals surface area contributed by atoms with Gasteiger partial charge in [0.15, 0.2) is 0 Å². The number of hydrogen-bond acceptors (Lipinski definition) is 3. The number of nitrogens with zero attached hydrogens (tertiary/aromatic N) is 1. The Hall–Kier alpha value is -1.55. The second-order valence-electron chi connectivity index (χ2n) is 4.74. The van der Waals surface area contributed by atoms with E-state index in [2.05, 4.69) is 11.8 Å². The fourth-order valence-corrected chi connectivity index (χ4v) is 2.34. The highest BCUT2D eigenvalue weighted by molar-refractivity contribution is 5.93. The van der Waals surface area contributed by atoms with Crippen molar-refractivity contribution in [2.75, 3.05) is 12.3 Å². The first-order chi connectivity index (χ1) is 8.08. The Bertz CT molecular complexity index is 431. The maximum Gasteiger partial charge on any atom is 0.248 e. The molecule has 0 bridgehead atoms. The summed E-state index contributed by atoms with van der Waals surface area (Å²) >= 11 is 0. The van der Waals surface area contributed by atoms with Crippen LogP contribution >= 0.6 is 0 Å². The van der Waals surface area contributed by atoms with Crippen LogP contribution in [0.25, 0.3) is 0 Å². The second kappa shape index (κ2) is 4.75. The molecule has 4 heteroatoms. The van der Waals surface area contributed by atoms with Gasteiger partial charge in [-0.15, -0.1) is 0 Å². The predicted molar refractivity (Wildman–Crippen MR) is 68.5 cm³/mol. The minimum absolute atomic E-state index is 0.433. The molecule has 4 nitrogen and oxygen atoms in total. The topological polar surface area (TPSA) is 72.3 Å². The Labute approximate surface area is 102 Å². The number of nitrogen functional groups attached to an aromatic ring is 1. The third kappa shape index (κ3) is 2.58. The largest absolute Gasteiger partial charge is 0.398 e. The van der Waals surface area contributed by atoms with E-state index in [0.717, 1.165) is 18.7 Å². The summed E-state index contributed by atoms with van der Waals surface area (Å²) in [4.78, 5) is 13.4. The third-order valence-electron chi connectivity index (χ3n) is 3.49. The molecule has 1 amide bonds. The number of carbonyl (C=O) groups is 1. The van der Waals surface area contributed by atoms with Crippen LogP contribution in [-0.4, -0.2) is 23.4 Å². The normalized spacial score (nSPS) is 20.6. The molecule has 0 aromatic heterocycles. The number of amides is 1. The Morgan fingerprint density at radius 3 is 2.82 bits per heavy atom. The Morgan fingerprint density at radius 1 is 1.53 bits per heavy atom. The second-order valence-corrected chi connectivity index (χ2v) is 4.74. The number of carbonyl (C=O) groups excluding carboxylic acids is 1. The average molecular weight is 233 g/mol. The number of primary amides is 1. The summed E-state index contributed by atoms with van der Waals surface area (Å²) in [6.07, 6.45) is 2.50. The van der Waals surface area contributed by atoms with E-state index in [-0.39, 0.29) is 0 Å². The molecule has 17 heavy (non-hydrogen) atoms. The summed E-state index contributed by atoms with van der Waals surface area (Å²) < 4.78 is 0. The van der Waals surface area contributed by atoms with Crippen molar-refractivity contribution in [2.45, 2.75) is 32.4 Å². The molecule has 0 radical (unpaired) electrons. The highest BCUT2D eigenvalue weighted by Gasteiger charge is 2.20. The molecule has 0 aliphatic carbocycles. The van der Waals surface area contributed by atoms with Crippen LogP contribution in [0.1, 0.15) is 35.7 Å². The lowest BCUT2D eigenvalue weighted by molar-refractivity contribution is 0.100. The van der Waals surface area contributed by atoms with Crippen LogP contribution in [-0.2, 0) is 6.54 Å². The molecule has 2 rings (SSSR count). The molecule has 0 saturated carbocycles. The minimum atomic E-state index is -0.433. The van der Waals surface area contributed by atoms with E-state index >= 15 is 0 Å². The Morgan fingerprint density at radius 2 is 2.29 bits per heavy atom. The van der Waals surface area contributed by atoms with Gasteiger partial charge in [0.25, 0.3) is 0 Å². The van der Waals surface area contributed by atoms with Crippen molar-refractivity contribution >= 4 is 11.6 Å². The van der Waals surface area contributed by atoms with Gasteiger partial charge in [-0.25, -0.2) is 0 Å². The molecular weight excluding hydrogens is 214 g/mol. The number of rotatable bonds is 3. The van der Waals surface area contributed by atoms with E-state index in [1.807, 2.05) is 6.07 Å². The highest BCUT2D eigenvalue weighted by Crippen LogP contribution is 2.22. The zero-order chi connectivity index (χ0) is 12.4. The van der Waals surface area contributed by atoms with Gasteiger partial charge in [-0.2, -0.15) is 0 Å². The van der Waals surface area contributed by atoms with Gasteiger partial charge in [-0.3, -0.25) is 9.69 Å². The summed E-state index contributed by atoms with van der Waals surface area (Å²) in [5, 5.41) is 0. The molecule has 1 aromatic carbocycles. The van der Waals surface area contributed by atoms with Crippen molar-refractivity contribution in [2.24, 2.45) is 5.73 Å². The molecule has 1 saturated heterocycles. The zero-order valence-corrected chi connectivity index (χ0v) is 10.1. The van der Waals surface area contributed by atoms with Crippen molar-refractivity contribution in [1.29, 1.82) is 0 Å². The van der Waals surface area contributed by atoms with E-state index in [9.17, 15) is 4.79 Å². The summed E-state index contributed by atoms with van der Waals surface area (Å²) in [5.41, 5.74) is 13.4. The standard InChI is InChI=1S/C13H19N3O/c1-9-3-2-6-16(9)8-11-5-4-10(13(15)17)7-12(11)14/h4-5,7,9H,2-3,6,8,14H2,1H3,(H2,15,17). The summed E-state index contributed by atoms with van der Waals surface area (Å²) in [6.45, 7) is 4.21. The number of nitrogens with two attached hydrogens (primary N) is 2. The molecule has 92 valence electrons. The summed E-state index contributed by atoms with van der Waals surface area (Å²) in [6, 6.07) is 5.93. The molecule has 1 aliphatic heterocycles. The van der Waals surface area contributed by atoms with Gasteiger partial charge in [-0.1, -0.05) is 6.07 Å². The molecule has 4 N–H and O–H groups in total. The van der Waals surface area contributed by atoms with Crippen LogP contribution in [0.5, 0.6) is 0 Å². The van der Waals surface area contributed by atoms with Crippen molar-refractivity contribution in [3.8, 4) is 0 Å². The van der Waals surface area contributed by atoms with Gasteiger partial charge in [0, 0.05) is 23.8 Å². The fourth-order valence-electron chi connectivity index (χ4n) is 2.34. The SMILES string of the molecule is CC1CCCN1Cc1ccc(C(N)=O)cc1N. The van der Waals surface area contributed by atoms with Crippen molar-refractivity contribution < 1.29 is 4.79 Å². The highest BCUT2D eigenvalue weighted by atomic mass is 16.1. The fraction of sp³-hybridized carbons (Fsp3) is 0.462. The lowest BCUT2D eigenvalue weighted by Gasteiger charge is -2.21. The van der Waals surface area contributed by atoms with Crippen LogP contribution < -0.4 is 11.5 Å². The van der Waals surface area contributed by atoms with Gasteiger partial charge in [0.2, 0.25) is 5.91 Å². The minimum Gasteiger partial charge on any atom is -0.398 e. The monoisotopic (exact) mass is 233 g/mol. The van der Waals surface area contributed by atoms with E-state index in [4.69, 9.17) is 11.5 Å². The molecule has 1 aromatic rings. The van der Waals surface area contributed by atoms with Gasteiger partial charge in [0.05, 0.1) is 0 Å². The number of anilines is 1. The first kappa shape index (κ1) is 11.9. The van der Waals surface area contributed by atoms with E-state index in [1.165, 1.54) is 12.8 Å². The van der Waals surface area contributed by atoms with Gasteiger partial charge in [-0.05, 0) is 44.0 Å². The van der Waals surface area contributed by atoms with E-state index < -0.39 is 5.91 Å². The maximum absolute atomic E-state index is 11.0. The smallest absolute Gasteiger partial charge is 0.248 e. The Kier molecular flexibility index (Phi) is 3.33. The van der Waals surface area contributed by atoms with Crippen LogP contribution in [0.2, 0.25) is 0 Å². The van der Waals surface area contributed by atoms with Crippen LogP contribution in [0.15, 0.2) is 18.2 Å². The summed E-state index contributed by atoms with van der Waals surface area (Å²) in [5.74, 6) is -0.433. The molecule has 1 heterocycles. The quantitative estimate of drug-likeness (QED) is 0.774. The average Bonchev–Trinajstić information content (AvgIpc) is 2.67. The van der Waals surface area contributed by atoms with Crippen LogP contribution in [0.4, 0.5) is 5.69 Å². The van der Waals surface area contributed by atoms with Crippen LogP contribution in [0.3, 0.4) is 0 Å². The number of likely N-dealkylation sites (tertiary alicyclic amines) is 1. The predicted octanol–water partition coefficient (Wildman–Crippen LogP) is 1.35. The lowest BCUT2D eigenvalue weighted by atomic mass is 10.1.